The van der Waals surface area contributed by atoms with Gasteiger partial charge >= 0.3 is 6.09 Å². The number of hydrogen-bond acceptors (Lipinski definition) is 3. The Kier molecular flexibility index (Phi) is 2.41. The number of ether oxygens (including phenoxy) is 1. The molecule has 15 heavy (non-hydrogen) atoms. The molecular formula is C11H19NO3. The Morgan fingerprint density at radius 1 is 1.40 bits per heavy atom. The van der Waals surface area contributed by atoms with Crippen LogP contribution in [0.4, 0.5) is 4.79 Å². The summed E-state index contributed by atoms with van der Waals surface area (Å²) in [6, 6.07) is -0.00940. The van der Waals surface area contributed by atoms with Gasteiger partial charge in [0.2, 0.25) is 0 Å². The van der Waals surface area contributed by atoms with Crippen molar-refractivity contribution in [2.75, 3.05) is 6.54 Å². The lowest BCUT2D eigenvalue weighted by Gasteiger charge is -2.32. The van der Waals surface area contributed by atoms with Gasteiger partial charge in [0.05, 0.1) is 12.1 Å². The van der Waals surface area contributed by atoms with Gasteiger partial charge in [-0.25, -0.2) is 4.79 Å². The smallest absolute Gasteiger partial charge is 0.410 e. The van der Waals surface area contributed by atoms with Gasteiger partial charge in [-0.15, -0.1) is 0 Å². The Balaban J connectivity index is 1.98. The van der Waals surface area contributed by atoms with E-state index in [4.69, 9.17) is 4.74 Å². The van der Waals surface area contributed by atoms with Crippen molar-refractivity contribution in [2.24, 2.45) is 5.92 Å². The molecule has 1 N–H and O–H groups in total. The molecule has 2 unspecified atom stereocenters. The van der Waals surface area contributed by atoms with Crippen LogP contribution in [0, 0.1) is 5.92 Å². The van der Waals surface area contributed by atoms with E-state index in [-0.39, 0.29) is 18.2 Å². The molecule has 3 atom stereocenters. The van der Waals surface area contributed by atoms with Crippen molar-refractivity contribution < 1.29 is 14.6 Å². The van der Waals surface area contributed by atoms with E-state index in [1.807, 2.05) is 20.8 Å². The van der Waals surface area contributed by atoms with Crippen LogP contribution in [0.5, 0.6) is 0 Å². The van der Waals surface area contributed by atoms with Crippen molar-refractivity contribution in [2.45, 2.75) is 51.4 Å². The Morgan fingerprint density at radius 3 is 2.53 bits per heavy atom. The van der Waals surface area contributed by atoms with Gasteiger partial charge in [0.1, 0.15) is 5.60 Å². The second-order valence-electron chi connectivity index (χ2n) is 5.60. The molecule has 2 rings (SSSR count). The van der Waals surface area contributed by atoms with E-state index >= 15 is 0 Å². The van der Waals surface area contributed by atoms with Gasteiger partial charge in [-0.1, -0.05) is 0 Å². The first-order valence-electron chi connectivity index (χ1n) is 5.54. The third-order valence-electron chi connectivity index (χ3n) is 3.08. The number of piperidine rings is 1. The number of aliphatic hydroxyl groups is 1. The topological polar surface area (TPSA) is 49.8 Å². The number of rotatable bonds is 0. The zero-order valence-corrected chi connectivity index (χ0v) is 9.56. The lowest BCUT2D eigenvalue weighted by atomic mass is 10.1. The third-order valence-corrected chi connectivity index (χ3v) is 3.08. The molecular weight excluding hydrogens is 194 g/mol. The van der Waals surface area contributed by atoms with Crippen LogP contribution in [0.15, 0.2) is 0 Å². The maximum absolute atomic E-state index is 11.8. The maximum Gasteiger partial charge on any atom is 0.410 e. The molecule has 0 aromatic rings. The van der Waals surface area contributed by atoms with Gasteiger partial charge in [0, 0.05) is 6.54 Å². The maximum atomic E-state index is 11.8. The van der Waals surface area contributed by atoms with Crippen LogP contribution >= 0.6 is 0 Å². The molecule has 1 heterocycles. The highest BCUT2D eigenvalue weighted by Gasteiger charge is 2.47. The highest BCUT2D eigenvalue weighted by molar-refractivity contribution is 5.69. The van der Waals surface area contributed by atoms with E-state index in [1.54, 1.807) is 4.90 Å². The molecule has 4 heteroatoms. The van der Waals surface area contributed by atoms with Crippen molar-refractivity contribution in [3.05, 3.63) is 0 Å². The zero-order valence-electron chi connectivity index (χ0n) is 9.56. The monoisotopic (exact) mass is 213 g/mol. The first-order valence-corrected chi connectivity index (χ1v) is 5.54. The largest absolute Gasteiger partial charge is 0.444 e. The first kappa shape index (κ1) is 10.7. The van der Waals surface area contributed by atoms with Crippen LogP contribution < -0.4 is 0 Å². The summed E-state index contributed by atoms with van der Waals surface area (Å²) in [6.45, 7) is 6.32. The summed E-state index contributed by atoms with van der Waals surface area (Å²) < 4.78 is 5.30. The standard InChI is InChI=1S/C11H19NO3/c1-11(2,3)15-10(14)12-6-7-4-8(12)9(13)5-7/h7-9,13H,4-6H2,1-3H3/t7?,8?,9-/m1/s1. The molecule has 0 aromatic heterocycles. The number of aliphatic hydroxyl groups excluding tert-OH is 1. The minimum atomic E-state index is -0.454. The molecule has 1 amide bonds. The van der Waals surface area contributed by atoms with Crippen LogP contribution in [0.1, 0.15) is 33.6 Å². The van der Waals surface area contributed by atoms with Crippen LogP contribution in [-0.2, 0) is 4.74 Å². The van der Waals surface area contributed by atoms with Gasteiger partial charge < -0.3 is 14.7 Å². The fourth-order valence-corrected chi connectivity index (χ4v) is 2.52. The highest BCUT2D eigenvalue weighted by Crippen LogP contribution is 2.38. The van der Waals surface area contributed by atoms with Crippen LogP contribution in [0.25, 0.3) is 0 Å². The predicted molar refractivity (Wildman–Crippen MR) is 55.5 cm³/mol. The molecule has 2 fully saturated rings. The second-order valence-corrected chi connectivity index (χ2v) is 5.60. The summed E-state index contributed by atoms with van der Waals surface area (Å²) in [5.74, 6) is 0.470. The Bertz CT molecular complexity index is 271. The molecule has 0 aromatic carbocycles. The average molecular weight is 213 g/mol. The third kappa shape index (κ3) is 2.09. The van der Waals surface area contributed by atoms with E-state index in [2.05, 4.69) is 0 Å². The van der Waals surface area contributed by atoms with Crippen LogP contribution in [0.3, 0.4) is 0 Å². The summed E-state index contributed by atoms with van der Waals surface area (Å²) in [7, 11) is 0. The van der Waals surface area contributed by atoms with E-state index in [1.165, 1.54) is 0 Å². The fraction of sp³-hybridized carbons (Fsp3) is 0.909. The Hall–Kier alpha value is -0.770. The van der Waals surface area contributed by atoms with E-state index in [0.717, 1.165) is 19.4 Å². The molecule has 1 saturated heterocycles. The van der Waals surface area contributed by atoms with Crippen molar-refractivity contribution >= 4 is 6.09 Å². The number of likely N-dealkylation sites (tertiary alicyclic amines) is 1. The zero-order chi connectivity index (χ0) is 11.2. The summed E-state index contributed by atoms with van der Waals surface area (Å²) >= 11 is 0. The lowest BCUT2D eigenvalue weighted by molar-refractivity contribution is -0.00176. The molecule has 0 spiro atoms. The van der Waals surface area contributed by atoms with Crippen molar-refractivity contribution in [1.29, 1.82) is 0 Å². The molecule has 2 aliphatic rings. The number of amides is 1. The highest BCUT2D eigenvalue weighted by atomic mass is 16.6. The van der Waals surface area contributed by atoms with Gasteiger partial charge in [-0.05, 0) is 39.5 Å². The summed E-state index contributed by atoms with van der Waals surface area (Å²) in [5.41, 5.74) is -0.454. The average Bonchev–Trinajstić information content (AvgIpc) is 2.58. The number of carbonyl (C=O) groups is 1. The summed E-state index contributed by atoms with van der Waals surface area (Å²) in [4.78, 5) is 13.5. The Morgan fingerprint density at radius 2 is 2.07 bits per heavy atom. The van der Waals surface area contributed by atoms with Crippen molar-refractivity contribution in [1.82, 2.24) is 4.90 Å². The van der Waals surface area contributed by atoms with Crippen LogP contribution in [0.2, 0.25) is 0 Å². The molecule has 0 radical (unpaired) electrons. The quantitative estimate of drug-likeness (QED) is 0.661. The lowest BCUT2D eigenvalue weighted by Crippen LogP contribution is -2.46. The van der Waals surface area contributed by atoms with E-state index < -0.39 is 5.60 Å². The minimum absolute atomic E-state index is 0.00940. The number of fused-ring (bicyclic) bond motifs is 2. The molecule has 2 bridgehead atoms. The number of nitrogens with zero attached hydrogens (tertiary/aromatic N) is 1. The van der Waals surface area contributed by atoms with E-state index in [9.17, 15) is 9.90 Å². The number of hydrogen-bond donors (Lipinski definition) is 1. The van der Waals surface area contributed by atoms with Crippen molar-refractivity contribution in [3.63, 3.8) is 0 Å². The first-order chi connectivity index (χ1) is 6.87. The van der Waals surface area contributed by atoms with Gasteiger partial charge in [0.15, 0.2) is 0 Å². The normalized spacial score (nSPS) is 34.7. The molecule has 4 nitrogen and oxygen atoms in total. The molecule has 86 valence electrons. The SMILES string of the molecule is CC(C)(C)OC(=O)N1CC2CC1[C@H](O)C2. The summed E-state index contributed by atoms with van der Waals surface area (Å²) in [5, 5.41) is 9.69. The molecule has 1 saturated carbocycles. The predicted octanol–water partition coefficient (Wildman–Crippen LogP) is 1.38. The second kappa shape index (κ2) is 3.37. The van der Waals surface area contributed by atoms with Crippen molar-refractivity contribution in [3.8, 4) is 0 Å². The molecule has 1 aliphatic carbocycles. The minimum Gasteiger partial charge on any atom is -0.444 e. The number of carbonyl (C=O) groups excluding carboxylic acids is 1. The van der Waals surface area contributed by atoms with Gasteiger partial charge in [-0.3, -0.25) is 0 Å². The van der Waals surface area contributed by atoms with E-state index in [0.29, 0.717) is 5.92 Å². The summed E-state index contributed by atoms with van der Waals surface area (Å²) in [6.07, 6.45) is 1.13. The van der Waals surface area contributed by atoms with Gasteiger partial charge in [0.25, 0.3) is 0 Å². The van der Waals surface area contributed by atoms with Gasteiger partial charge in [-0.2, -0.15) is 0 Å². The Labute approximate surface area is 90.2 Å². The van der Waals surface area contributed by atoms with Crippen LogP contribution in [-0.4, -0.2) is 40.4 Å². The molecule has 1 aliphatic heterocycles. The fourth-order valence-electron chi connectivity index (χ4n) is 2.52.